The second kappa shape index (κ2) is 12.5. The SMILES string of the molecule is Cc1cn(C2CC(OP(=O)(O)OCC3OC(n4c[n+]([BH2-]C#N)c5c(=O)[nH]c(N)nc54)CC3O)C(CO)O2)c(=O)[nH]c1=O.N. The van der Waals surface area contributed by atoms with E-state index in [-0.39, 0.29) is 41.7 Å². The smallest absolute Gasteiger partial charge is 0.414 e. The van der Waals surface area contributed by atoms with Crippen molar-refractivity contribution in [2.75, 3.05) is 18.9 Å². The Bertz CT molecular complexity index is 1770. The Morgan fingerprint density at radius 1 is 1.23 bits per heavy atom. The van der Waals surface area contributed by atoms with Crippen molar-refractivity contribution in [3.63, 3.8) is 0 Å². The first-order valence-corrected chi connectivity index (χ1v) is 14.4. The largest absolute Gasteiger partial charge is 0.472 e. The summed E-state index contributed by atoms with van der Waals surface area (Å²) in [5.41, 5.74) is 4.28. The lowest BCUT2D eigenvalue weighted by molar-refractivity contribution is -0.499. The molecule has 7 atom stereocenters. The summed E-state index contributed by atoms with van der Waals surface area (Å²) in [6.45, 7) is 0.300. The van der Waals surface area contributed by atoms with Gasteiger partial charge in [-0.25, -0.2) is 14.6 Å². The molecule has 20 nitrogen and oxygen atoms in total. The Kier molecular flexibility index (Phi) is 9.36. The number of ether oxygens (including phenoxy) is 2. The number of hydrogen-bond acceptors (Lipinski definition) is 14. The number of fused-ring (bicyclic) bond motifs is 1. The van der Waals surface area contributed by atoms with Crippen LogP contribution in [-0.4, -0.2) is 84.2 Å². The molecule has 7 unspecified atom stereocenters. The summed E-state index contributed by atoms with van der Waals surface area (Å²) in [5.74, 6) is 1.90. The molecule has 5 heterocycles. The van der Waals surface area contributed by atoms with Gasteiger partial charge in [-0.15, -0.1) is 5.97 Å². The van der Waals surface area contributed by atoms with E-state index < -0.39 is 82.1 Å². The van der Waals surface area contributed by atoms with Gasteiger partial charge in [0.1, 0.15) is 24.5 Å². The average molecular weight is 627 g/mol. The van der Waals surface area contributed by atoms with Gasteiger partial charge in [-0.1, -0.05) is 0 Å². The molecule has 2 aliphatic rings. The number of phosphoric ester groups is 1. The molecule has 0 bridgehead atoms. The summed E-state index contributed by atoms with van der Waals surface area (Å²) in [6.07, 6.45) is -3.80. The van der Waals surface area contributed by atoms with Gasteiger partial charge < -0.3 is 40.9 Å². The first-order chi connectivity index (χ1) is 19.9. The molecule has 0 spiro atoms. The first kappa shape index (κ1) is 32.2. The van der Waals surface area contributed by atoms with Crippen molar-refractivity contribution < 1.29 is 42.7 Å². The zero-order valence-corrected chi connectivity index (χ0v) is 23.9. The Morgan fingerprint density at radius 2 is 1.93 bits per heavy atom. The molecule has 43 heavy (non-hydrogen) atoms. The highest BCUT2D eigenvalue weighted by Crippen LogP contribution is 2.49. The summed E-state index contributed by atoms with van der Waals surface area (Å²) in [6, 6.07) is 0. The summed E-state index contributed by atoms with van der Waals surface area (Å²) >= 11 is 0. The second-order valence-corrected chi connectivity index (χ2v) is 11.5. The Morgan fingerprint density at radius 3 is 2.63 bits per heavy atom. The maximum atomic E-state index is 12.8. The monoisotopic (exact) mass is 627 g/mol. The predicted octanol–water partition coefficient (Wildman–Crippen LogP) is -3.54. The number of hydrogen-bond donors (Lipinski definition) is 7. The van der Waals surface area contributed by atoms with Crippen molar-refractivity contribution in [3.8, 4) is 5.97 Å². The number of nitrogens with two attached hydrogens (primary N) is 1. The van der Waals surface area contributed by atoms with Crippen LogP contribution in [0.3, 0.4) is 0 Å². The average Bonchev–Trinajstić information content (AvgIpc) is 3.60. The zero-order valence-electron chi connectivity index (χ0n) is 23.0. The molecule has 5 rings (SSSR count). The number of nitrogens with one attached hydrogen (secondary N) is 2. The zero-order chi connectivity index (χ0) is 30.3. The number of aromatic nitrogens is 6. The van der Waals surface area contributed by atoms with E-state index in [9.17, 15) is 39.3 Å². The van der Waals surface area contributed by atoms with E-state index in [2.05, 4.69) is 20.9 Å². The minimum Gasteiger partial charge on any atom is -0.414 e. The fraction of sp³-hybridized carbons (Fsp3) is 0.524. The minimum absolute atomic E-state index is 0. The van der Waals surface area contributed by atoms with E-state index in [0.29, 0.717) is 0 Å². The Hall–Kier alpha value is -3.71. The third kappa shape index (κ3) is 6.47. The summed E-state index contributed by atoms with van der Waals surface area (Å²) in [4.78, 5) is 55.4. The number of nitrogen functional groups attached to an aromatic ring is 1. The predicted molar refractivity (Wildman–Crippen MR) is 146 cm³/mol. The van der Waals surface area contributed by atoms with E-state index >= 15 is 0 Å². The number of nitriles is 1. The third-order valence-corrected chi connectivity index (χ3v) is 8.14. The number of aryl methyl sites for hydroxylation is 1. The lowest BCUT2D eigenvalue weighted by Gasteiger charge is -2.21. The highest BCUT2D eigenvalue weighted by Gasteiger charge is 2.44. The van der Waals surface area contributed by atoms with Crippen LogP contribution in [0.1, 0.15) is 30.9 Å². The minimum atomic E-state index is -4.81. The van der Waals surface area contributed by atoms with Crippen molar-refractivity contribution >= 4 is 32.3 Å². The summed E-state index contributed by atoms with van der Waals surface area (Å²) in [7, 11) is -6.23. The first-order valence-electron chi connectivity index (χ1n) is 12.9. The van der Waals surface area contributed by atoms with Crippen molar-refractivity contribution in [2.24, 2.45) is 0 Å². The number of imidazole rings is 1. The van der Waals surface area contributed by atoms with Crippen molar-refractivity contribution in [1.29, 1.82) is 5.26 Å². The van der Waals surface area contributed by atoms with E-state index in [0.717, 1.165) is 4.57 Å². The van der Waals surface area contributed by atoms with Crippen LogP contribution in [-0.2, 0) is 23.1 Å². The lowest BCUT2D eigenvalue weighted by Crippen LogP contribution is -2.41. The van der Waals surface area contributed by atoms with Crippen LogP contribution in [0.15, 0.2) is 26.9 Å². The molecule has 2 aliphatic heterocycles. The molecule has 10 N–H and O–H groups in total. The highest BCUT2D eigenvalue weighted by atomic mass is 31.2. The quantitative estimate of drug-likeness (QED) is 0.0892. The maximum Gasteiger partial charge on any atom is 0.472 e. The number of aliphatic hydroxyl groups is 2. The third-order valence-electron chi connectivity index (χ3n) is 7.13. The van der Waals surface area contributed by atoms with Gasteiger partial charge in [0.2, 0.25) is 24.0 Å². The normalized spacial score (nSPS) is 26.7. The summed E-state index contributed by atoms with van der Waals surface area (Å²) in [5, 5.41) is 29.5. The molecule has 0 radical (unpaired) electrons. The number of rotatable bonds is 9. The maximum absolute atomic E-state index is 12.8. The molecule has 0 saturated carbocycles. The molecule has 2 fully saturated rings. The van der Waals surface area contributed by atoms with E-state index in [1.165, 1.54) is 28.5 Å². The van der Waals surface area contributed by atoms with Crippen molar-refractivity contribution in [1.82, 2.24) is 30.2 Å². The van der Waals surface area contributed by atoms with Crippen molar-refractivity contribution in [3.05, 3.63) is 49.3 Å². The lowest BCUT2D eigenvalue weighted by atomic mass is 9.98. The van der Waals surface area contributed by atoms with Crippen LogP contribution < -0.4 is 33.2 Å². The van der Waals surface area contributed by atoms with Gasteiger partial charge in [-0.05, 0) is 6.92 Å². The van der Waals surface area contributed by atoms with E-state index in [4.69, 9.17) is 24.3 Å². The van der Waals surface area contributed by atoms with Crippen LogP contribution >= 0.6 is 7.82 Å². The molecular weight excluding hydrogens is 596 g/mol. The van der Waals surface area contributed by atoms with Gasteiger partial charge in [0.25, 0.3) is 24.2 Å². The van der Waals surface area contributed by atoms with E-state index in [1.54, 1.807) is 0 Å². The van der Waals surface area contributed by atoms with Gasteiger partial charge in [-0.2, -0.15) is 9.55 Å². The van der Waals surface area contributed by atoms with Gasteiger partial charge in [0.05, 0.1) is 19.3 Å². The number of anilines is 1. The Labute approximate surface area is 241 Å². The fourth-order valence-corrected chi connectivity index (χ4v) is 6.07. The second-order valence-electron chi connectivity index (χ2n) is 10.1. The molecule has 234 valence electrons. The number of H-pyrrole nitrogens is 2. The Balaban J connectivity index is 0.00000423. The van der Waals surface area contributed by atoms with Gasteiger partial charge in [-0.3, -0.25) is 33.2 Å². The van der Waals surface area contributed by atoms with Crippen LogP contribution in [0.25, 0.3) is 11.2 Å². The van der Waals surface area contributed by atoms with Gasteiger partial charge in [0.15, 0.2) is 0 Å². The molecular formula is C21H31BN9O11P. The van der Waals surface area contributed by atoms with Gasteiger partial charge >= 0.3 is 13.5 Å². The standard InChI is InChI=1S/C21H28BN8O11P.H3N/c1-9-4-28(21(35)27-18(9)33)15-3-11(12(5-31)39-15)41-42(36,37)38-6-13-10(32)2-14(40-13)29-8-30(22-7-23)16-17(29)25-20(24)26-19(16)34;/h4,8,10-15,31-32H,2-3,5-6,22H2,1H3,(H,36,37)(H,27,33,35)(H3,24,25,26,34);1H3. The molecule has 22 heteroatoms. The molecule has 0 aromatic carbocycles. The molecule has 3 aromatic heterocycles. The number of aromatic amines is 2. The van der Waals surface area contributed by atoms with Crippen LogP contribution in [0.2, 0.25) is 0 Å². The number of nitrogens with zero attached hydrogens (tertiary/aromatic N) is 5. The highest BCUT2D eigenvalue weighted by molar-refractivity contribution is 7.47. The topological polar surface area (TPSA) is 309 Å². The van der Waals surface area contributed by atoms with Crippen LogP contribution in [0, 0.1) is 18.2 Å². The van der Waals surface area contributed by atoms with Gasteiger partial charge in [0, 0.05) is 24.6 Å². The molecule has 0 aliphatic carbocycles. The van der Waals surface area contributed by atoms with E-state index in [1.807, 2.05) is 0 Å². The molecule has 0 amide bonds. The number of phosphoric acid groups is 1. The number of aliphatic hydroxyl groups excluding tert-OH is 2. The molecule has 2 saturated heterocycles. The summed E-state index contributed by atoms with van der Waals surface area (Å²) < 4.78 is 38.6. The van der Waals surface area contributed by atoms with Crippen molar-refractivity contribution in [2.45, 2.75) is 56.6 Å². The molecule has 3 aromatic rings. The fourth-order valence-electron chi connectivity index (χ4n) is 5.11. The van der Waals surface area contributed by atoms with Crippen LogP contribution in [0.5, 0.6) is 0 Å². The van der Waals surface area contributed by atoms with Crippen LogP contribution in [0.4, 0.5) is 5.95 Å².